The van der Waals surface area contributed by atoms with E-state index in [4.69, 9.17) is 14.3 Å². The summed E-state index contributed by atoms with van der Waals surface area (Å²) in [4.78, 5) is 10.1. The number of halogens is 1. The second-order valence-corrected chi connectivity index (χ2v) is 1.15. The zero-order valence-electron chi connectivity index (χ0n) is 5.49. The molecule has 0 aliphatic rings. The maximum absolute atomic E-state index is 10.1. The molecule has 0 saturated carbocycles. The van der Waals surface area contributed by atoms with E-state index < -0.39 is 11.6 Å². The lowest BCUT2D eigenvalue weighted by Gasteiger charge is -1.77. The van der Waals surface area contributed by atoms with Crippen LogP contribution in [0.5, 0.6) is 0 Å². The molecule has 0 aromatic heterocycles. The molecule has 0 fully saturated rings. The Bertz CT molecular complexity index is 102. The van der Waals surface area contributed by atoms with Crippen molar-refractivity contribution in [1.82, 2.24) is 0 Å². The summed E-state index contributed by atoms with van der Waals surface area (Å²) in [5.41, 5.74) is 0. The zero-order chi connectivity index (χ0) is 6.78. The first-order valence-electron chi connectivity index (χ1n) is 2.70. The van der Waals surface area contributed by atoms with Gasteiger partial charge in [0.2, 0.25) is 5.24 Å². The van der Waals surface area contributed by atoms with Crippen molar-refractivity contribution < 1.29 is 7.54 Å². The Morgan fingerprint density at radius 2 is 2.67 bits per heavy atom. The molecule has 0 amide bonds. The molecular weight excluding hydrogens is 99.5 g/mol. The maximum atomic E-state index is 10.1. The van der Waals surface area contributed by atoms with Crippen molar-refractivity contribution in [3.63, 3.8) is 0 Å². The summed E-state index contributed by atoms with van der Waals surface area (Å²) in [6, 6.07) is 0. The normalized spacial score (nSPS) is 15.7. The molecule has 0 aliphatic carbocycles. The standard InChI is InChI=1S/C4H7ClO/c1-2-3-4(5)6/h2-3H2,1H3/i3D2. The van der Waals surface area contributed by atoms with Gasteiger partial charge in [-0.15, -0.1) is 0 Å². The minimum absolute atomic E-state index is 0.134. The van der Waals surface area contributed by atoms with Gasteiger partial charge in [0, 0.05) is 9.11 Å². The highest BCUT2D eigenvalue weighted by atomic mass is 35.5. The van der Waals surface area contributed by atoms with E-state index in [2.05, 4.69) is 0 Å². The van der Waals surface area contributed by atoms with Gasteiger partial charge in [-0.25, -0.2) is 0 Å². The van der Waals surface area contributed by atoms with Crippen LogP contribution in [-0.4, -0.2) is 5.24 Å². The van der Waals surface area contributed by atoms with Gasteiger partial charge in [-0.1, -0.05) is 6.92 Å². The first-order valence-corrected chi connectivity index (χ1v) is 2.08. The Morgan fingerprint density at radius 1 is 2.17 bits per heavy atom. The lowest BCUT2D eigenvalue weighted by molar-refractivity contribution is -0.111. The van der Waals surface area contributed by atoms with Crippen LogP contribution in [0.3, 0.4) is 0 Å². The number of hydrogen-bond acceptors (Lipinski definition) is 1. The second-order valence-electron chi connectivity index (χ2n) is 0.804. The lowest BCUT2D eigenvalue weighted by atomic mass is 10.4. The largest absolute Gasteiger partial charge is 0.281 e. The molecule has 0 N–H and O–H groups in total. The Morgan fingerprint density at radius 3 is 2.67 bits per heavy atom. The molecule has 0 heterocycles. The van der Waals surface area contributed by atoms with E-state index in [0.29, 0.717) is 0 Å². The third-order valence-electron chi connectivity index (χ3n) is 0.316. The van der Waals surface area contributed by atoms with Gasteiger partial charge in [0.1, 0.15) is 0 Å². The first kappa shape index (κ1) is 3.03. The van der Waals surface area contributed by atoms with Gasteiger partial charge in [-0.05, 0) is 18.0 Å². The van der Waals surface area contributed by atoms with Gasteiger partial charge < -0.3 is 0 Å². The van der Waals surface area contributed by atoms with E-state index in [1.807, 2.05) is 0 Å². The highest BCUT2D eigenvalue weighted by Gasteiger charge is 1.87. The summed E-state index contributed by atoms with van der Waals surface area (Å²) in [5.74, 6) is 0. The van der Waals surface area contributed by atoms with Crippen LogP contribution < -0.4 is 0 Å². The van der Waals surface area contributed by atoms with Crippen LogP contribution in [0.15, 0.2) is 0 Å². The summed E-state index contributed by atoms with van der Waals surface area (Å²) in [6.45, 7) is 1.57. The second kappa shape index (κ2) is 3.16. The average Bonchev–Trinajstić information content (AvgIpc) is 1.67. The van der Waals surface area contributed by atoms with Crippen molar-refractivity contribution >= 4 is 16.8 Å². The van der Waals surface area contributed by atoms with Crippen molar-refractivity contribution in [2.24, 2.45) is 0 Å². The minimum atomic E-state index is -1.83. The van der Waals surface area contributed by atoms with Crippen LogP contribution in [0.1, 0.15) is 22.5 Å². The van der Waals surface area contributed by atoms with Crippen molar-refractivity contribution in [3.8, 4) is 0 Å². The minimum Gasteiger partial charge on any atom is -0.281 e. The molecule has 0 unspecified atom stereocenters. The fourth-order valence-corrected chi connectivity index (χ4v) is 0.273. The molecule has 2 heteroatoms. The van der Waals surface area contributed by atoms with Gasteiger partial charge in [-0.3, -0.25) is 4.79 Å². The molecule has 0 radical (unpaired) electrons. The van der Waals surface area contributed by atoms with E-state index in [9.17, 15) is 4.79 Å². The van der Waals surface area contributed by atoms with Crippen LogP contribution >= 0.6 is 11.6 Å². The lowest BCUT2D eigenvalue weighted by Crippen LogP contribution is -1.79. The third-order valence-corrected chi connectivity index (χ3v) is 0.449. The molecule has 0 atom stereocenters. The van der Waals surface area contributed by atoms with Crippen LogP contribution in [-0.2, 0) is 4.79 Å². The van der Waals surface area contributed by atoms with Crippen LogP contribution in [0.25, 0.3) is 0 Å². The SMILES string of the molecule is [2H]C([2H])(CC)C(=O)Cl. The Kier molecular flexibility index (Phi) is 1.59. The summed E-state index contributed by atoms with van der Waals surface area (Å²) < 4.78 is 13.6. The molecule has 1 nitrogen and oxygen atoms in total. The average molecular weight is 109 g/mol. The van der Waals surface area contributed by atoms with Gasteiger partial charge in [0.25, 0.3) is 0 Å². The molecule has 6 heavy (non-hydrogen) atoms. The molecule has 0 aliphatic heterocycles. The predicted molar refractivity (Wildman–Crippen MR) is 25.8 cm³/mol. The summed E-state index contributed by atoms with van der Waals surface area (Å²) in [5, 5.41) is -0.917. The van der Waals surface area contributed by atoms with E-state index in [1.165, 1.54) is 0 Å². The molecule has 0 spiro atoms. The van der Waals surface area contributed by atoms with Crippen molar-refractivity contribution in [2.45, 2.75) is 19.7 Å². The topological polar surface area (TPSA) is 17.1 Å². The quantitative estimate of drug-likeness (QED) is 0.491. The molecule has 0 saturated heterocycles. The third kappa shape index (κ3) is 3.96. The predicted octanol–water partition coefficient (Wildman–Crippen LogP) is 1.55. The molecule has 0 aromatic carbocycles. The summed E-state index contributed by atoms with van der Waals surface area (Å²) in [6.07, 6.45) is -1.70. The Hall–Kier alpha value is -0.0400. The van der Waals surface area contributed by atoms with Gasteiger partial charge in [0.15, 0.2) is 0 Å². The van der Waals surface area contributed by atoms with E-state index in [0.717, 1.165) is 0 Å². The first-order chi connectivity index (χ1) is 3.50. The van der Waals surface area contributed by atoms with Gasteiger partial charge in [-0.2, -0.15) is 0 Å². The molecule has 0 bridgehead atoms. The van der Waals surface area contributed by atoms with Crippen molar-refractivity contribution in [1.29, 1.82) is 0 Å². The van der Waals surface area contributed by atoms with Gasteiger partial charge in [0.05, 0.1) is 0 Å². The van der Waals surface area contributed by atoms with Crippen LogP contribution in [0.2, 0.25) is 0 Å². The fraction of sp³-hybridized carbons (Fsp3) is 0.750. The summed E-state index contributed by atoms with van der Waals surface area (Å²) in [7, 11) is 0. The highest BCUT2D eigenvalue weighted by molar-refractivity contribution is 6.63. The van der Waals surface area contributed by atoms with Crippen molar-refractivity contribution in [3.05, 3.63) is 0 Å². The number of hydrogen-bond donors (Lipinski definition) is 0. The highest BCUT2D eigenvalue weighted by Crippen LogP contribution is 1.90. The molecular formula is C4H7ClO. The van der Waals surface area contributed by atoms with Crippen LogP contribution in [0.4, 0.5) is 0 Å². The van der Waals surface area contributed by atoms with E-state index in [1.54, 1.807) is 6.92 Å². The zero-order valence-corrected chi connectivity index (χ0v) is 4.25. The molecule has 0 rings (SSSR count). The fourth-order valence-electron chi connectivity index (χ4n) is 0.139. The molecule has 0 aromatic rings. The Labute approximate surface area is 45.1 Å². The smallest absolute Gasteiger partial charge is 0.221 e. The monoisotopic (exact) mass is 108 g/mol. The van der Waals surface area contributed by atoms with Crippen molar-refractivity contribution in [2.75, 3.05) is 0 Å². The number of rotatable bonds is 2. The molecule has 36 valence electrons. The van der Waals surface area contributed by atoms with Crippen LogP contribution in [0, 0.1) is 0 Å². The van der Waals surface area contributed by atoms with E-state index in [-0.39, 0.29) is 6.42 Å². The van der Waals surface area contributed by atoms with Gasteiger partial charge >= 0.3 is 0 Å². The number of carbonyl (C=O) groups is 1. The summed E-state index contributed by atoms with van der Waals surface area (Å²) >= 11 is 4.86. The van der Waals surface area contributed by atoms with E-state index >= 15 is 0 Å². The maximum Gasteiger partial charge on any atom is 0.221 e. The number of carbonyl (C=O) groups excluding carboxylic acids is 1. The Balaban J connectivity index is 3.91.